The van der Waals surface area contributed by atoms with Gasteiger partial charge in [-0.2, -0.15) is 0 Å². The third kappa shape index (κ3) is 1.93. The van der Waals surface area contributed by atoms with Crippen LogP contribution in [-0.4, -0.2) is 16.9 Å². The molecular weight excluding hydrogens is 210 g/mol. The molecule has 0 fully saturated rings. The van der Waals surface area contributed by atoms with Gasteiger partial charge in [-0.15, -0.1) is 0 Å². The zero-order valence-electron chi connectivity index (χ0n) is 9.00. The van der Waals surface area contributed by atoms with Gasteiger partial charge in [0.1, 0.15) is 0 Å². The van der Waals surface area contributed by atoms with Crippen LogP contribution in [0.25, 0.3) is 10.9 Å². The van der Waals surface area contributed by atoms with Gasteiger partial charge in [-0.05, 0) is 30.4 Å². The van der Waals surface area contributed by atoms with Crippen molar-refractivity contribution in [3.8, 4) is 0 Å². The lowest BCUT2D eigenvalue weighted by molar-refractivity contribution is 0.0641. The standard InChI is InChI=1S/C12H14F2N2/c1-12(15,11(13)14)7-9-4-2-3-8-5-6-16-10(8)9/h2-6,11,16H,7,15H2,1H3. The first-order valence-corrected chi connectivity index (χ1v) is 5.13. The topological polar surface area (TPSA) is 41.8 Å². The summed E-state index contributed by atoms with van der Waals surface area (Å²) in [6, 6.07) is 7.53. The van der Waals surface area contributed by atoms with E-state index in [2.05, 4.69) is 4.98 Å². The lowest BCUT2D eigenvalue weighted by Crippen LogP contribution is -2.45. The fourth-order valence-electron chi connectivity index (χ4n) is 1.78. The second kappa shape index (κ2) is 3.87. The van der Waals surface area contributed by atoms with Crippen LogP contribution in [0.5, 0.6) is 0 Å². The second-order valence-electron chi connectivity index (χ2n) is 4.34. The maximum absolute atomic E-state index is 12.7. The van der Waals surface area contributed by atoms with Gasteiger partial charge < -0.3 is 10.7 Å². The van der Waals surface area contributed by atoms with Crippen molar-refractivity contribution >= 4 is 10.9 Å². The molecule has 1 heterocycles. The molecule has 3 N–H and O–H groups in total. The predicted molar refractivity (Wildman–Crippen MR) is 60.6 cm³/mol. The summed E-state index contributed by atoms with van der Waals surface area (Å²) in [5.41, 5.74) is 5.82. The molecule has 0 spiro atoms. The Bertz CT molecular complexity index is 488. The number of hydrogen-bond donors (Lipinski definition) is 2. The number of fused-ring (bicyclic) bond motifs is 1. The Labute approximate surface area is 92.5 Å². The molecule has 4 heteroatoms. The fourth-order valence-corrected chi connectivity index (χ4v) is 1.78. The van der Waals surface area contributed by atoms with Crippen molar-refractivity contribution in [2.45, 2.75) is 25.3 Å². The smallest absolute Gasteiger partial charge is 0.256 e. The highest BCUT2D eigenvalue weighted by atomic mass is 19.3. The van der Waals surface area contributed by atoms with Crippen LogP contribution in [0, 0.1) is 0 Å². The van der Waals surface area contributed by atoms with E-state index in [1.54, 1.807) is 6.20 Å². The summed E-state index contributed by atoms with van der Waals surface area (Å²) in [6.45, 7) is 1.37. The van der Waals surface area contributed by atoms with E-state index in [1.807, 2.05) is 24.3 Å². The molecule has 0 radical (unpaired) electrons. The molecule has 1 unspecified atom stereocenters. The highest BCUT2D eigenvalue weighted by Crippen LogP contribution is 2.23. The molecule has 0 aliphatic rings. The lowest BCUT2D eigenvalue weighted by atomic mass is 9.93. The zero-order chi connectivity index (χ0) is 11.8. The summed E-state index contributed by atoms with van der Waals surface area (Å²) in [7, 11) is 0. The Kier molecular flexibility index (Phi) is 2.68. The van der Waals surface area contributed by atoms with Crippen LogP contribution in [0.4, 0.5) is 8.78 Å². The van der Waals surface area contributed by atoms with Crippen molar-refractivity contribution in [3.05, 3.63) is 36.0 Å². The number of aromatic nitrogens is 1. The molecule has 0 aliphatic heterocycles. The lowest BCUT2D eigenvalue weighted by Gasteiger charge is -2.23. The number of H-pyrrole nitrogens is 1. The number of benzene rings is 1. The Hall–Kier alpha value is -1.42. The van der Waals surface area contributed by atoms with E-state index in [1.165, 1.54) is 6.92 Å². The molecule has 2 rings (SSSR count). The SMILES string of the molecule is CC(N)(Cc1cccc2cc[nH]c12)C(F)F. The number of para-hydroxylation sites is 1. The van der Waals surface area contributed by atoms with E-state index in [-0.39, 0.29) is 6.42 Å². The minimum atomic E-state index is -2.53. The minimum Gasteiger partial charge on any atom is -0.361 e. The average Bonchev–Trinajstić information content (AvgIpc) is 2.65. The first kappa shape index (κ1) is 11.1. The summed E-state index contributed by atoms with van der Waals surface area (Å²) in [5, 5.41) is 1.02. The first-order valence-electron chi connectivity index (χ1n) is 5.13. The Morgan fingerprint density at radius 3 is 2.81 bits per heavy atom. The van der Waals surface area contributed by atoms with E-state index in [0.29, 0.717) is 0 Å². The monoisotopic (exact) mass is 224 g/mol. The number of hydrogen-bond acceptors (Lipinski definition) is 1. The van der Waals surface area contributed by atoms with Gasteiger partial charge in [0.25, 0.3) is 6.43 Å². The molecule has 86 valence electrons. The summed E-state index contributed by atoms with van der Waals surface area (Å²) in [4.78, 5) is 3.05. The first-order chi connectivity index (χ1) is 7.50. The van der Waals surface area contributed by atoms with Gasteiger partial charge in [0.05, 0.1) is 5.54 Å². The number of rotatable bonds is 3. The summed E-state index contributed by atoms with van der Waals surface area (Å²) in [5.74, 6) is 0. The number of nitrogens with one attached hydrogen (secondary N) is 1. The van der Waals surface area contributed by atoms with E-state index in [4.69, 9.17) is 5.73 Å². The molecule has 1 atom stereocenters. The van der Waals surface area contributed by atoms with Crippen LogP contribution in [0.2, 0.25) is 0 Å². The van der Waals surface area contributed by atoms with Gasteiger partial charge in [0, 0.05) is 11.7 Å². The van der Waals surface area contributed by atoms with E-state index >= 15 is 0 Å². The Balaban J connectivity index is 2.37. The molecule has 0 amide bonds. The zero-order valence-corrected chi connectivity index (χ0v) is 9.00. The largest absolute Gasteiger partial charge is 0.361 e. The average molecular weight is 224 g/mol. The summed E-state index contributed by atoms with van der Waals surface area (Å²) in [6.07, 6.45) is -0.579. The van der Waals surface area contributed by atoms with Crippen molar-refractivity contribution in [2.24, 2.45) is 5.73 Å². The number of nitrogens with two attached hydrogens (primary N) is 1. The van der Waals surface area contributed by atoms with Crippen molar-refractivity contribution < 1.29 is 8.78 Å². The molecule has 0 bridgehead atoms. The van der Waals surface area contributed by atoms with Crippen molar-refractivity contribution in [3.63, 3.8) is 0 Å². The van der Waals surface area contributed by atoms with Crippen LogP contribution in [-0.2, 0) is 6.42 Å². The summed E-state index contributed by atoms with van der Waals surface area (Å²) < 4.78 is 25.4. The molecule has 1 aromatic heterocycles. The molecule has 0 saturated carbocycles. The minimum absolute atomic E-state index is 0.155. The van der Waals surface area contributed by atoms with E-state index in [9.17, 15) is 8.78 Å². The molecule has 2 nitrogen and oxygen atoms in total. The molecular formula is C12H14F2N2. The maximum Gasteiger partial charge on any atom is 0.256 e. The maximum atomic E-state index is 12.7. The van der Waals surface area contributed by atoms with Gasteiger partial charge in [-0.25, -0.2) is 8.78 Å². The molecule has 1 aromatic carbocycles. The van der Waals surface area contributed by atoms with Gasteiger partial charge in [0.2, 0.25) is 0 Å². The van der Waals surface area contributed by atoms with Crippen LogP contribution >= 0.6 is 0 Å². The van der Waals surface area contributed by atoms with Crippen LogP contribution in [0.3, 0.4) is 0 Å². The predicted octanol–water partition coefficient (Wildman–Crippen LogP) is 2.69. The Morgan fingerprint density at radius 2 is 2.12 bits per heavy atom. The molecule has 0 aliphatic carbocycles. The van der Waals surface area contributed by atoms with Gasteiger partial charge in [0.15, 0.2) is 0 Å². The third-order valence-electron chi connectivity index (χ3n) is 2.74. The number of halogens is 2. The van der Waals surface area contributed by atoms with Crippen LogP contribution in [0.1, 0.15) is 12.5 Å². The number of aromatic amines is 1. The normalized spacial score (nSPS) is 15.6. The highest BCUT2D eigenvalue weighted by molar-refractivity contribution is 5.82. The van der Waals surface area contributed by atoms with Crippen molar-refractivity contribution in [1.82, 2.24) is 4.98 Å². The molecule has 0 saturated heterocycles. The molecule has 2 aromatic rings. The highest BCUT2D eigenvalue weighted by Gasteiger charge is 2.30. The fraction of sp³-hybridized carbons (Fsp3) is 0.333. The van der Waals surface area contributed by atoms with E-state index in [0.717, 1.165) is 16.5 Å². The van der Waals surface area contributed by atoms with Gasteiger partial charge >= 0.3 is 0 Å². The van der Waals surface area contributed by atoms with Crippen LogP contribution in [0.15, 0.2) is 30.5 Å². The quantitative estimate of drug-likeness (QED) is 0.827. The van der Waals surface area contributed by atoms with Gasteiger partial charge in [-0.3, -0.25) is 0 Å². The number of alkyl halides is 2. The summed E-state index contributed by atoms with van der Waals surface area (Å²) >= 11 is 0. The third-order valence-corrected chi connectivity index (χ3v) is 2.74. The van der Waals surface area contributed by atoms with Gasteiger partial charge in [-0.1, -0.05) is 18.2 Å². The van der Waals surface area contributed by atoms with Crippen molar-refractivity contribution in [1.29, 1.82) is 0 Å². The molecule has 16 heavy (non-hydrogen) atoms. The van der Waals surface area contributed by atoms with E-state index < -0.39 is 12.0 Å². The Morgan fingerprint density at radius 1 is 1.38 bits per heavy atom. The van der Waals surface area contributed by atoms with Crippen molar-refractivity contribution in [2.75, 3.05) is 0 Å². The second-order valence-corrected chi connectivity index (χ2v) is 4.34. The van der Waals surface area contributed by atoms with Crippen LogP contribution < -0.4 is 5.73 Å².